The Balaban J connectivity index is 1.57. The molecule has 1 N–H and O–H groups in total. The quantitative estimate of drug-likeness (QED) is 0.859. The number of carbonyl (C=O) groups is 2. The Kier molecular flexibility index (Phi) is 3.19. The lowest BCUT2D eigenvalue weighted by Crippen LogP contribution is -2.48. The number of carbonyl (C=O) groups excluding carboxylic acids is 2. The van der Waals surface area contributed by atoms with E-state index in [0.717, 1.165) is 5.56 Å². The van der Waals surface area contributed by atoms with E-state index in [2.05, 4.69) is 5.32 Å². The van der Waals surface area contributed by atoms with Gasteiger partial charge in [0.15, 0.2) is 17.1 Å². The van der Waals surface area contributed by atoms with Gasteiger partial charge in [-0.3, -0.25) is 4.79 Å². The standard InChI is InChI=1S/C18H15NO5/c1-18(9-11-4-2-3-5-13(11)16(20)24-18)17(21)19-12-6-7-14-15(8-12)23-10-22-14/h2-8H,9-10H2,1H3,(H,19,21)/t18-/m1/s1. The number of ether oxygens (including phenoxy) is 3. The molecule has 0 aliphatic carbocycles. The molecule has 2 aromatic carbocycles. The maximum Gasteiger partial charge on any atom is 0.339 e. The Morgan fingerprint density at radius 2 is 1.92 bits per heavy atom. The average Bonchev–Trinajstić information content (AvgIpc) is 3.02. The Morgan fingerprint density at radius 1 is 1.12 bits per heavy atom. The van der Waals surface area contributed by atoms with Crippen LogP contribution in [0.5, 0.6) is 11.5 Å². The average molecular weight is 325 g/mol. The maximum absolute atomic E-state index is 12.7. The Hall–Kier alpha value is -3.02. The van der Waals surface area contributed by atoms with Gasteiger partial charge >= 0.3 is 5.97 Å². The maximum atomic E-state index is 12.7. The van der Waals surface area contributed by atoms with E-state index in [4.69, 9.17) is 14.2 Å². The van der Waals surface area contributed by atoms with Gasteiger partial charge in [-0.05, 0) is 30.7 Å². The van der Waals surface area contributed by atoms with Crippen molar-refractivity contribution in [2.75, 3.05) is 12.1 Å². The molecule has 1 atom stereocenters. The van der Waals surface area contributed by atoms with E-state index >= 15 is 0 Å². The first-order chi connectivity index (χ1) is 11.5. The van der Waals surface area contributed by atoms with Gasteiger partial charge in [0.1, 0.15) is 0 Å². The van der Waals surface area contributed by atoms with Crippen LogP contribution in [0.3, 0.4) is 0 Å². The Morgan fingerprint density at radius 3 is 2.79 bits per heavy atom. The van der Waals surface area contributed by atoms with E-state index in [9.17, 15) is 9.59 Å². The minimum atomic E-state index is -1.26. The first kappa shape index (κ1) is 14.6. The van der Waals surface area contributed by atoms with E-state index in [1.807, 2.05) is 12.1 Å². The van der Waals surface area contributed by atoms with Gasteiger partial charge in [0.2, 0.25) is 6.79 Å². The second-order valence-corrected chi connectivity index (χ2v) is 5.98. The molecule has 6 heteroatoms. The van der Waals surface area contributed by atoms with Crippen LogP contribution in [0.25, 0.3) is 0 Å². The number of anilines is 1. The largest absolute Gasteiger partial charge is 0.454 e. The molecule has 122 valence electrons. The molecule has 6 nitrogen and oxygen atoms in total. The fourth-order valence-electron chi connectivity index (χ4n) is 2.90. The molecule has 0 spiro atoms. The highest BCUT2D eigenvalue weighted by atomic mass is 16.7. The first-order valence-electron chi connectivity index (χ1n) is 7.57. The van der Waals surface area contributed by atoms with Gasteiger partial charge in [-0.1, -0.05) is 18.2 Å². The van der Waals surface area contributed by atoms with Crippen molar-refractivity contribution in [3.8, 4) is 11.5 Å². The van der Waals surface area contributed by atoms with Crippen LogP contribution >= 0.6 is 0 Å². The second-order valence-electron chi connectivity index (χ2n) is 5.98. The summed E-state index contributed by atoms with van der Waals surface area (Å²) in [5.74, 6) is 0.338. The van der Waals surface area contributed by atoms with Crippen LogP contribution in [0.4, 0.5) is 5.69 Å². The summed E-state index contributed by atoms with van der Waals surface area (Å²) in [5, 5.41) is 2.78. The van der Waals surface area contributed by atoms with E-state index in [1.54, 1.807) is 37.3 Å². The fourth-order valence-corrected chi connectivity index (χ4v) is 2.90. The zero-order valence-corrected chi connectivity index (χ0v) is 13.0. The summed E-state index contributed by atoms with van der Waals surface area (Å²) in [6.45, 7) is 1.78. The first-order valence-corrected chi connectivity index (χ1v) is 7.57. The third-order valence-corrected chi connectivity index (χ3v) is 4.19. The van der Waals surface area contributed by atoms with Gasteiger partial charge in [-0.2, -0.15) is 0 Å². The molecule has 0 saturated carbocycles. The Bertz CT molecular complexity index is 847. The van der Waals surface area contributed by atoms with Gasteiger partial charge in [0.05, 0.1) is 5.56 Å². The third kappa shape index (κ3) is 2.36. The summed E-state index contributed by atoms with van der Waals surface area (Å²) in [6, 6.07) is 12.3. The van der Waals surface area contributed by atoms with Crippen LogP contribution in [0.1, 0.15) is 22.8 Å². The highest BCUT2D eigenvalue weighted by Gasteiger charge is 2.42. The van der Waals surface area contributed by atoms with Crippen LogP contribution < -0.4 is 14.8 Å². The van der Waals surface area contributed by atoms with Crippen LogP contribution in [-0.4, -0.2) is 24.3 Å². The van der Waals surface area contributed by atoms with Crippen molar-refractivity contribution in [2.45, 2.75) is 18.9 Å². The van der Waals surface area contributed by atoms with E-state index in [0.29, 0.717) is 29.2 Å². The molecule has 0 aromatic heterocycles. The van der Waals surface area contributed by atoms with E-state index in [1.165, 1.54) is 0 Å². The van der Waals surface area contributed by atoms with Crippen molar-refractivity contribution in [1.29, 1.82) is 0 Å². The lowest BCUT2D eigenvalue weighted by molar-refractivity contribution is -0.134. The molecule has 2 aliphatic heterocycles. The predicted octanol–water partition coefficient (Wildman–Crippen LogP) is 2.53. The topological polar surface area (TPSA) is 73.9 Å². The second kappa shape index (κ2) is 5.26. The van der Waals surface area contributed by atoms with Gasteiger partial charge in [0, 0.05) is 18.2 Å². The summed E-state index contributed by atoms with van der Waals surface area (Å²) >= 11 is 0. The zero-order valence-electron chi connectivity index (χ0n) is 13.0. The van der Waals surface area contributed by atoms with Gasteiger partial charge in [-0.15, -0.1) is 0 Å². The van der Waals surface area contributed by atoms with Crippen molar-refractivity contribution in [1.82, 2.24) is 0 Å². The zero-order chi connectivity index (χ0) is 16.7. The number of nitrogens with one attached hydrogen (secondary N) is 1. The molecule has 4 rings (SSSR count). The Labute approximate surface area is 138 Å². The van der Waals surface area contributed by atoms with Gasteiger partial charge in [-0.25, -0.2) is 4.79 Å². The highest BCUT2D eigenvalue weighted by Crippen LogP contribution is 2.35. The van der Waals surface area contributed by atoms with Gasteiger partial charge < -0.3 is 19.5 Å². The number of benzene rings is 2. The molecule has 1 amide bonds. The molecule has 0 radical (unpaired) electrons. The number of cyclic esters (lactones) is 1. The summed E-state index contributed by atoms with van der Waals surface area (Å²) in [5.41, 5.74) is 0.602. The molecule has 24 heavy (non-hydrogen) atoms. The van der Waals surface area contributed by atoms with Crippen LogP contribution in [-0.2, 0) is 16.0 Å². The molecule has 0 fully saturated rings. The number of hydrogen-bond acceptors (Lipinski definition) is 5. The number of esters is 1. The molecular formula is C18H15NO5. The SMILES string of the molecule is C[C@]1(C(=O)Nc2ccc3c(c2)OCO3)Cc2ccccc2C(=O)O1. The third-order valence-electron chi connectivity index (χ3n) is 4.19. The minimum Gasteiger partial charge on any atom is -0.454 e. The normalized spacial score (nSPS) is 21.0. The summed E-state index contributed by atoms with van der Waals surface area (Å²) in [4.78, 5) is 24.9. The summed E-state index contributed by atoms with van der Waals surface area (Å²) < 4.78 is 16.0. The van der Waals surface area contributed by atoms with Crippen LogP contribution in [0.2, 0.25) is 0 Å². The molecule has 2 heterocycles. The van der Waals surface area contributed by atoms with Gasteiger partial charge in [0.25, 0.3) is 5.91 Å². The number of amides is 1. The minimum absolute atomic E-state index is 0.166. The van der Waals surface area contributed by atoms with Crippen molar-refractivity contribution in [3.63, 3.8) is 0 Å². The number of rotatable bonds is 2. The lowest BCUT2D eigenvalue weighted by atomic mass is 9.89. The number of fused-ring (bicyclic) bond motifs is 2. The molecule has 0 bridgehead atoms. The van der Waals surface area contributed by atoms with Crippen LogP contribution in [0, 0.1) is 0 Å². The number of hydrogen-bond donors (Lipinski definition) is 1. The van der Waals surface area contributed by atoms with Crippen molar-refractivity contribution in [2.24, 2.45) is 0 Å². The van der Waals surface area contributed by atoms with Crippen LogP contribution in [0.15, 0.2) is 42.5 Å². The molecule has 0 saturated heterocycles. The highest BCUT2D eigenvalue weighted by molar-refractivity contribution is 6.02. The smallest absolute Gasteiger partial charge is 0.339 e. The lowest BCUT2D eigenvalue weighted by Gasteiger charge is -2.33. The monoisotopic (exact) mass is 325 g/mol. The summed E-state index contributed by atoms with van der Waals surface area (Å²) in [6.07, 6.45) is 0.325. The van der Waals surface area contributed by atoms with E-state index < -0.39 is 11.6 Å². The fraction of sp³-hybridized carbons (Fsp3) is 0.222. The van der Waals surface area contributed by atoms with Crippen molar-refractivity contribution < 1.29 is 23.8 Å². The van der Waals surface area contributed by atoms with Crippen molar-refractivity contribution in [3.05, 3.63) is 53.6 Å². The summed E-state index contributed by atoms with van der Waals surface area (Å²) in [7, 11) is 0. The van der Waals surface area contributed by atoms with Crippen molar-refractivity contribution >= 4 is 17.6 Å². The van der Waals surface area contributed by atoms with E-state index in [-0.39, 0.29) is 12.7 Å². The molecular weight excluding hydrogens is 310 g/mol. The molecule has 0 unspecified atom stereocenters. The molecule has 2 aromatic rings. The predicted molar refractivity (Wildman–Crippen MR) is 85.2 cm³/mol. The molecule has 2 aliphatic rings.